The minimum atomic E-state index is -0.269. The van der Waals surface area contributed by atoms with Crippen LogP contribution in [0.25, 0.3) is 0 Å². The molecule has 1 N–H and O–H groups in total. The first-order valence-electron chi connectivity index (χ1n) is 7.63. The van der Waals surface area contributed by atoms with Gasteiger partial charge in [0.2, 0.25) is 5.91 Å². The number of esters is 1. The molecule has 1 aliphatic rings. The van der Waals surface area contributed by atoms with Crippen LogP contribution in [0.3, 0.4) is 0 Å². The van der Waals surface area contributed by atoms with Crippen molar-refractivity contribution in [3.05, 3.63) is 35.4 Å². The first-order valence-corrected chi connectivity index (χ1v) is 7.63. The Kier molecular flexibility index (Phi) is 5.37. The maximum Gasteiger partial charge on any atom is 0.307 e. The lowest BCUT2D eigenvalue weighted by molar-refractivity contribution is -0.147. The summed E-state index contributed by atoms with van der Waals surface area (Å²) in [6, 6.07) is 8.12. The Morgan fingerprint density at radius 3 is 2.86 bits per heavy atom. The van der Waals surface area contributed by atoms with E-state index in [-0.39, 0.29) is 30.3 Å². The molecule has 1 aromatic carbocycles. The molecular formula is C17H23NO3. The molecular weight excluding hydrogens is 266 g/mol. The molecule has 1 atom stereocenters. The number of rotatable bonds is 5. The van der Waals surface area contributed by atoms with E-state index in [1.807, 2.05) is 32.0 Å². The fourth-order valence-electron chi connectivity index (χ4n) is 2.76. The summed E-state index contributed by atoms with van der Waals surface area (Å²) in [7, 11) is 0. The van der Waals surface area contributed by atoms with Gasteiger partial charge in [0.15, 0.2) is 0 Å². The van der Waals surface area contributed by atoms with Gasteiger partial charge < -0.3 is 10.1 Å². The zero-order valence-electron chi connectivity index (χ0n) is 12.7. The van der Waals surface area contributed by atoms with Crippen LogP contribution in [-0.2, 0) is 20.7 Å². The average molecular weight is 289 g/mol. The molecule has 21 heavy (non-hydrogen) atoms. The molecule has 0 saturated carbocycles. The van der Waals surface area contributed by atoms with E-state index in [0.29, 0.717) is 6.54 Å². The highest BCUT2D eigenvalue weighted by atomic mass is 16.5. The second kappa shape index (κ2) is 7.25. The molecule has 4 nitrogen and oxygen atoms in total. The van der Waals surface area contributed by atoms with E-state index >= 15 is 0 Å². The minimum Gasteiger partial charge on any atom is -0.463 e. The number of ether oxygens (including phenoxy) is 1. The summed E-state index contributed by atoms with van der Waals surface area (Å²) in [5.74, 6) is -0.343. The predicted octanol–water partition coefficient (Wildman–Crippen LogP) is 2.56. The van der Waals surface area contributed by atoms with Crippen molar-refractivity contribution in [2.75, 3.05) is 6.54 Å². The third kappa shape index (κ3) is 4.31. The lowest BCUT2D eigenvalue weighted by Crippen LogP contribution is -2.33. The fourth-order valence-corrected chi connectivity index (χ4v) is 2.76. The first-order chi connectivity index (χ1) is 10.1. The highest BCUT2D eigenvalue weighted by Gasteiger charge is 2.25. The fraction of sp³-hybridized carbons (Fsp3) is 0.529. The van der Waals surface area contributed by atoms with Crippen molar-refractivity contribution >= 4 is 11.9 Å². The van der Waals surface area contributed by atoms with Crippen molar-refractivity contribution in [2.45, 2.75) is 51.6 Å². The van der Waals surface area contributed by atoms with Crippen LogP contribution >= 0.6 is 0 Å². The summed E-state index contributed by atoms with van der Waals surface area (Å²) < 4.78 is 5.04. The van der Waals surface area contributed by atoms with Gasteiger partial charge in [-0.1, -0.05) is 24.3 Å². The number of hydrogen-bond donors (Lipinski definition) is 1. The van der Waals surface area contributed by atoms with Gasteiger partial charge in [-0.2, -0.15) is 0 Å². The Bertz CT molecular complexity index is 511. The molecule has 0 aliphatic heterocycles. The van der Waals surface area contributed by atoms with E-state index in [9.17, 15) is 9.59 Å². The van der Waals surface area contributed by atoms with Crippen LogP contribution in [-0.4, -0.2) is 24.5 Å². The maximum absolute atomic E-state index is 12.3. The highest BCUT2D eigenvalue weighted by molar-refractivity contribution is 5.84. The number of hydrogen-bond acceptors (Lipinski definition) is 3. The summed E-state index contributed by atoms with van der Waals surface area (Å²) in [5, 5.41) is 2.86. The lowest BCUT2D eigenvalue weighted by Gasteiger charge is -2.24. The number of nitrogens with one attached hydrogen (secondary N) is 1. The average Bonchev–Trinajstić information content (AvgIpc) is 2.45. The molecule has 4 heteroatoms. The SMILES string of the molecule is CC(C)OC(=O)CCNC(=O)C1CCCc2ccccc21. The first kappa shape index (κ1) is 15.5. The van der Waals surface area contributed by atoms with Crippen molar-refractivity contribution in [1.29, 1.82) is 0 Å². The summed E-state index contributed by atoms with van der Waals surface area (Å²) in [4.78, 5) is 23.7. The standard InChI is InChI=1S/C17H23NO3/c1-12(2)21-16(19)10-11-18-17(20)15-9-5-7-13-6-3-4-8-14(13)15/h3-4,6,8,12,15H,5,7,9-11H2,1-2H3,(H,18,20). The van der Waals surface area contributed by atoms with Crippen LogP contribution < -0.4 is 5.32 Å². The highest BCUT2D eigenvalue weighted by Crippen LogP contribution is 2.31. The van der Waals surface area contributed by atoms with Crippen molar-refractivity contribution < 1.29 is 14.3 Å². The molecule has 1 aromatic rings. The van der Waals surface area contributed by atoms with Gasteiger partial charge in [0.05, 0.1) is 18.4 Å². The number of aryl methyl sites for hydroxylation is 1. The number of fused-ring (bicyclic) bond motifs is 1. The molecule has 0 heterocycles. The van der Waals surface area contributed by atoms with Crippen molar-refractivity contribution in [1.82, 2.24) is 5.32 Å². The normalized spacial score (nSPS) is 17.2. The minimum absolute atomic E-state index is 0.0134. The van der Waals surface area contributed by atoms with Crippen LogP contribution in [0.15, 0.2) is 24.3 Å². The number of amides is 1. The topological polar surface area (TPSA) is 55.4 Å². The molecule has 0 aromatic heterocycles. The monoisotopic (exact) mass is 289 g/mol. The lowest BCUT2D eigenvalue weighted by atomic mass is 9.82. The van der Waals surface area contributed by atoms with Crippen LogP contribution in [0.1, 0.15) is 50.2 Å². The van der Waals surface area contributed by atoms with E-state index < -0.39 is 0 Å². The molecule has 0 spiro atoms. The zero-order chi connectivity index (χ0) is 15.2. The van der Waals surface area contributed by atoms with E-state index in [4.69, 9.17) is 4.74 Å². The van der Waals surface area contributed by atoms with Gasteiger partial charge in [-0.05, 0) is 44.2 Å². The van der Waals surface area contributed by atoms with Crippen molar-refractivity contribution in [3.8, 4) is 0 Å². The van der Waals surface area contributed by atoms with Gasteiger partial charge in [-0.25, -0.2) is 0 Å². The quantitative estimate of drug-likeness (QED) is 0.848. The third-order valence-electron chi connectivity index (χ3n) is 3.68. The summed E-state index contributed by atoms with van der Waals surface area (Å²) >= 11 is 0. The van der Waals surface area contributed by atoms with Crippen LogP contribution in [0.4, 0.5) is 0 Å². The number of carbonyl (C=O) groups excluding carboxylic acids is 2. The Morgan fingerprint density at radius 2 is 2.10 bits per heavy atom. The summed E-state index contributed by atoms with van der Waals surface area (Å²) in [6.45, 7) is 3.97. The smallest absolute Gasteiger partial charge is 0.307 e. The van der Waals surface area contributed by atoms with Gasteiger partial charge in [0.1, 0.15) is 0 Å². The third-order valence-corrected chi connectivity index (χ3v) is 3.68. The molecule has 2 rings (SSSR count). The van der Waals surface area contributed by atoms with Gasteiger partial charge in [-0.15, -0.1) is 0 Å². The van der Waals surface area contributed by atoms with Crippen molar-refractivity contribution in [2.24, 2.45) is 0 Å². The Morgan fingerprint density at radius 1 is 1.33 bits per heavy atom. The molecule has 114 valence electrons. The van der Waals surface area contributed by atoms with Gasteiger partial charge >= 0.3 is 5.97 Å². The van der Waals surface area contributed by atoms with Crippen LogP contribution in [0.5, 0.6) is 0 Å². The Labute approximate surface area is 125 Å². The van der Waals surface area contributed by atoms with Crippen LogP contribution in [0.2, 0.25) is 0 Å². The summed E-state index contributed by atoms with van der Waals surface area (Å²) in [6.07, 6.45) is 3.06. The molecule has 0 fully saturated rings. The Hall–Kier alpha value is -1.84. The van der Waals surface area contributed by atoms with Gasteiger partial charge in [0.25, 0.3) is 0 Å². The molecule has 1 amide bonds. The second-order valence-electron chi connectivity index (χ2n) is 5.72. The predicted molar refractivity (Wildman–Crippen MR) is 81.0 cm³/mol. The molecule has 1 unspecified atom stereocenters. The molecule has 0 radical (unpaired) electrons. The van der Waals surface area contributed by atoms with Crippen molar-refractivity contribution in [3.63, 3.8) is 0 Å². The molecule has 1 aliphatic carbocycles. The largest absolute Gasteiger partial charge is 0.463 e. The van der Waals surface area contributed by atoms with E-state index in [0.717, 1.165) is 24.8 Å². The number of benzene rings is 1. The van der Waals surface area contributed by atoms with Gasteiger partial charge in [-0.3, -0.25) is 9.59 Å². The van der Waals surface area contributed by atoms with E-state index in [2.05, 4.69) is 11.4 Å². The van der Waals surface area contributed by atoms with Crippen LogP contribution in [0, 0.1) is 0 Å². The van der Waals surface area contributed by atoms with E-state index in [1.165, 1.54) is 5.56 Å². The van der Waals surface area contributed by atoms with E-state index in [1.54, 1.807) is 0 Å². The van der Waals surface area contributed by atoms with Gasteiger partial charge in [0, 0.05) is 6.54 Å². The summed E-state index contributed by atoms with van der Waals surface area (Å²) in [5.41, 5.74) is 2.40. The zero-order valence-corrected chi connectivity index (χ0v) is 12.7. The number of carbonyl (C=O) groups is 2. The molecule has 0 bridgehead atoms. The maximum atomic E-state index is 12.3. The molecule has 0 saturated heterocycles. The second-order valence-corrected chi connectivity index (χ2v) is 5.72. The Balaban J connectivity index is 1.86.